The number of amides is 3. The van der Waals surface area contributed by atoms with Crippen LogP contribution in [0.5, 0.6) is 0 Å². The Hall–Kier alpha value is -2.73. The lowest BCUT2D eigenvalue weighted by Gasteiger charge is -2.53. The molecule has 3 fully saturated rings. The predicted molar refractivity (Wildman–Crippen MR) is 137 cm³/mol. The Kier molecular flexibility index (Phi) is 7.14. The van der Waals surface area contributed by atoms with Gasteiger partial charge >= 0.3 is 0 Å². The maximum Gasteiger partial charge on any atom is 0.248 e. The fraction of sp³-hybridized carbons (Fsp3) is 0.400. The highest BCUT2D eigenvalue weighted by Crippen LogP contribution is 2.38. The lowest BCUT2D eigenvalue weighted by Crippen LogP contribution is -2.76. The van der Waals surface area contributed by atoms with Crippen molar-refractivity contribution in [3.8, 4) is 0 Å². The number of halogens is 3. The van der Waals surface area contributed by atoms with Crippen LogP contribution in [0.4, 0.5) is 4.39 Å². The summed E-state index contributed by atoms with van der Waals surface area (Å²) in [5.41, 5.74) is 0.603. The minimum Gasteiger partial charge on any atom is -0.343 e. The van der Waals surface area contributed by atoms with Crippen LogP contribution in [0.2, 0.25) is 10.0 Å². The third-order valence-electron chi connectivity index (χ3n) is 7.02. The van der Waals surface area contributed by atoms with E-state index >= 15 is 0 Å². The van der Waals surface area contributed by atoms with Gasteiger partial charge < -0.3 is 15.1 Å². The normalized spacial score (nSPS) is 24.4. The third kappa shape index (κ3) is 5.00. The van der Waals surface area contributed by atoms with Gasteiger partial charge in [0.05, 0.1) is 11.6 Å². The topological polar surface area (TPSA) is 107 Å². The predicted octanol–water partition coefficient (Wildman–Crippen LogP) is 2.41. The van der Waals surface area contributed by atoms with Crippen molar-refractivity contribution in [2.75, 3.05) is 13.1 Å². The van der Waals surface area contributed by atoms with Gasteiger partial charge in [0.15, 0.2) is 0 Å². The molecule has 1 saturated carbocycles. The van der Waals surface area contributed by atoms with Crippen molar-refractivity contribution < 1.29 is 27.2 Å². The molecule has 38 heavy (non-hydrogen) atoms. The Morgan fingerprint density at radius 2 is 1.74 bits per heavy atom. The first-order valence-electron chi connectivity index (χ1n) is 12.1. The molecular formula is C25H25Cl2FN4O5S. The van der Waals surface area contributed by atoms with E-state index in [1.54, 1.807) is 4.90 Å². The molecule has 2 heterocycles. The van der Waals surface area contributed by atoms with Gasteiger partial charge in [-0.2, -0.15) is 4.31 Å². The Bertz CT molecular complexity index is 1400. The van der Waals surface area contributed by atoms with Crippen LogP contribution in [0.15, 0.2) is 47.4 Å². The summed E-state index contributed by atoms with van der Waals surface area (Å²) in [5, 5.41) is 2.69. The minimum absolute atomic E-state index is 0.0214. The molecule has 2 aromatic rings. The van der Waals surface area contributed by atoms with Gasteiger partial charge in [0, 0.05) is 31.0 Å². The van der Waals surface area contributed by atoms with Crippen LogP contribution in [0.25, 0.3) is 0 Å². The number of nitrogens with zero attached hydrogens (tertiary/aromatic N) is 3. The van der Waals surface area contributed by atoms with E-state index in [1.807, 2.05) is 0 Å². The maximum atomic E-state index is 14.0. The first-order valence-corrected chi connectivity index (χ1v) is 14.3. The molecule has 3 amide bonds. The number of benzene rings is 2. The average Bonchev–Trinajstić information content (AvgIpc) is 3.68. The van der Waals surface area contributed by atoms with E-state index in [0.29, 0.717) is 5.56 Å². The highest BCUT2D eigenvalue weighted by atomic mass is 35.5. The summed E-state index contributed by atoms with van der Waals surface area (Å²) in [6.07, 6.45) is 0.570. The molecular weight excluding hydrogens is 558 g/mol. The van der Waals surface area contributed by atoms with Crippen molar-refractivity contribution in [1.29, 1.82) is 0 Å². The monoisotopic (exact) mass is 582 g/mol. The van der Waals surface area contributed by atoms with Crippen LogP contribution in [-0.2, 0) is 30.8 Å². The summed E-state index contributed by atoms with van der Waals surface area (Å²) in [4.78, 5) is 42.1. The second-order valence-corrected chi connectivity index (χ2v) is 12.4. The summed E-state index contributed by atoms with van der Waals surface area (Å²) < 4.78 is 42.7. The first kappa shape index (κ1) is 26.9. The molecule has 5 rings (SSSR count). The molecule has 2 saturated heterocycles. The Labute approximate surface area is 229 Å². The fourth-order valence-electron chi connectivity index (χ4n) is 5.13. The number of piperazine rings is 1. The number of carbonyl (C=O) groups is 3. The number of hydrogen-bond acceptors (Lipinski definition) is 5. The van der Waals surface area contributed by atoms with E-state index in [-0.39, 0.29) is 46.4 Å². The smallest absolute Gasteiger partial charge is 0.248 e. The van der Waals surface area contributed by atoms with Gasteiger partial charge in [-0.25, -0.2) is 12.8 Å². The summed E-state index contributed by atoms with van der Waals surface area (Å²) in [6.45, 7) is 0.865. The first-order chi connectivity index (χ1) is 18.0. The molecule has 9 nitrogen and oxygen atoms in total. The third-order valence-corrected chi connectivity index (χ3v) is 9.60. The number of fused-ring (bicyclic) bond motifs is 1. The summed E-state index contributed by atoms with van der Waals surface area (Å²) in [5.74, 6) is -1.85. The largest absolute Gasteiger partial charge is 0.343 e. The van der Waals surface area contributed by atoms with Crippen molar-refractivity contribution in [2.45, 2.75) is 55.4 Å². The van der Waals surface area contributed by atoms with Gasteiger partial charge in [-0.1, -0.05) is 35.3 Å². The summed E-state index contributed by atoms with van der Waals surface area (Å²) in [6, 6.07) is 7.24. The molecule has 0 bridgehead atoms. The fourth-order valence-corrected chi connectivity index (χ4v) is 7.46. The zero-order chi connectivity index (χ0) is 27.4. The zero-order valence-electron chi connectivity index (χ0n) is 20.3. The lowest BCUT2D eigenvalue weighted by molar-refractivity contribution is -0.168. The molecule has 0 spiro atoms. The number of sulfonamides is 1. The number of nitrogens with one attached hydrogen (secondary N) is 1. The van der Waals surface area contributed by atoms with E-state index in [4.69, 9.17) is 23.2 Å². The average molecular weight is 583 g/mol. The van der Waals surface area contributed by atoms with Gasteiger partial charge in [-0.3, -0.25) is 14.4 Å². The van der Waals surface area contributed by atoms with Gasteiger partial charge in [-0.15, -0.1) is 0 Å². The van der Waals surface area contributed by atoms with Crippen LogP contribution < -0.4 is 5.32 Å². The molecule has 2 aromatic carbocycles. The highest BCUT2D eigenvalue weighted by Gasteiger charge is 2.55. The summed E-state index contributed by atoms with van der Waals surface area (Å²) in [7, 11) is -4.31. The highest BCUT2D eigenvalue weighted by molar-refractivity contribution is 7.89. The van der Waals surface area contributed by atoms with Crippen LogP contribution in [0.1, 0.15) is 25.3 Å². The quantitative estimate of drug-likeness (QED) is 0.563. The molecule has 3 atom stereocenters. The van der Waals surface area contributed by atoms with E-state index in [2.05, 4.69) is 5.32 Å². The van der Waals surface area contributed by atoms with E-state index < -0.39 is 45.9 Å². The Morgan fingerprint density at radius 3 is 2.34 bits per heavy atom. The van der Waals surface area contributed by atoms with Crippen molar-refractivity contribution >= 4 is 50.9 Å². The molecule has 3 aliphatic rings. The molecule has 3 unspecified atom stereocenters. The van der Waals surface area contributed by atoms with Crippen molar-refractivity contribution in [3.05, 3.63) is 63.9 Å². The van der Waals surface area contributed by atoms with Crippen LogP contribution in [-0.4, -0.2) is 77.6 Å². The molecule has 2 aliphatic heterocycles. The Balaban J connectivity index is 1.60. The van der Waals surface area contributed by atoms with Gasteiger partial charge in [-0.05, 0) is 48.7 Å². The zero-order valence-corrected chi connectivity index (χ0v) is 22.6. The molecule has 13 heteroatoms. The van der Waals surface area contributed by atoms with Crippen LogP contribution >= 0.6 is 23.2 Å². The molecule has 1 N–H and O–H groups in total. The van der Waals surface area contributed by atoms with Gasteiger partial charge in [0.25, 0.3) is 0 Å². The molecule has 1 aliphatic carbocycles. The van der Waals surface area contributed by atoms with Crippen molar-refractivity contribution in [3.63, 3.8) is 0 Å². The van der Waals surface area contributed by atoms with Crippen molar-refractivity contribution in [1.82, 2.24) is 19.4 Å². The second kappa shape index (κ2) is 10.1. The number of carbonyl (C=O) groups excluding carboxylic acids is 3. The van der Waals surface area contributed by atoms with E-state index in [0.717, 1.165) is 17.1 Å². The molecule has 202 valence electrons. The minimum atomic E-state index is -4.31. The van der Waals surface area contributed by atoms with Crippen LogP contribution in [0, 0.1) is 5.82 Å². The molecule has 0 aromatic heterocycles. The summed E-state index contributed by atoms with van der Waals surface area (Å²) >= 11 is 12.3. The number of hydrogen-bond donors (Lipinski definition) is 1. The Morgan fingerprint density at radius 1 is 1.05 bits per heavy atom. The number of rotatable bonds is 6. The second-order valence-electron chi connectivity index (χ2n) is 9.70. The SMILES string of the molecule is CC(=O)NC1CN(S(=O)(=O)c2ccc(Cl)cc2Cl)C2CN(C3CC3)C(=O)C(Cc3ccc(F)cc3)N2C1=O. The van der Waals surface area contributed by atoms with E-state index in [9.17, 15) is 27.2 Å². The van der Waals surface area contributed by atoms with E-state index in [1.165, 1.54) is 54.3 Å². The standard InChI is InChI=1S/C25H25Cl2FN4O5S/c1-14(33)29-20-12-31(38(36,37)22-9-4-16(26)11-19(22)27)23-13-30(18-7-8-18)25(35)21(32(23)24(20)34)10-15-2-5-17(28)6-3-15/h2-6,9,11,18,20-21,23H,7-8,10,12-13H2,1H3,(H,29,33). The van der Waals surface area contributed by atoms with Crippen molar-refractivity contribution in [2.24, 2.45) is 0 Å². The van der Waals surface area contributed by atoms with Gasteiger partial charge in [0.2, 0.25) is 27.7 Å². The molecule has 0 radical (unpaired) electrons. The van der Waals surface area contributed by atoms with Crippen LogP contribution in [0.3, 0.4) is 0 Å². The lowest BCUT2D eigenvalue weighted by atomic mass is 9.97. The maximum absolute atomic E-state index is 14.0. The van der Waals surface area contributed by atoms with Gasteiger partial charge in [0.1, 0.15) is 29.0 Å².